The van der Waals surface area contributed by atoms with E-state index in [1.54, 1.807) is 0 Å². The van der Waals surface area contributed by atoms with Gasteiger partial charge in [0.1, 0.15) is 4.90 Å². The van der Waals surface area contributed by atoms with Crippen molar-refractivity contribution >= 4 is 31.8 Å². The second kappa shape index (κ2) is 6.35. The Hall–Kier alpha value is -0.740. The topological polar surface area (TPSA) is 109 Å². The first kappa shape index (κ1) is 15.6. The molecule has 1 aliphatic rings. The molecule has 112 valence electrons. The summed E-state index contributed by atoms with van der Waals surface area (Å²) in [6, 6.07) is 1.48. The van der Waals surface area contributed by atoms with E-state index in [9.17, 15) is 8.42 Å². The van der Waals surface area contributed by atoms with E-state index in [4.69, 9.17) is 10.9 Å². The second-order valence-corrected chi connectivity index (χ2v) is 7.50. The van der Waals surface area contributed by atoms with Crippen LogP contribution in [0.25, 0.3) is 0 Å². The lowest BCUT2D eigenvalue weighted by Crippen LogP contribution is -2.39. The summed E-state index contributed by atoms with van der Waals surface area (Å²) in [5.74, 6) is 5.62. The van der Waals surface area contributed by atoms with Crippen LogP contribution in [0.1, 0.15) is 12.8 Å². The molecule has 0 radical (unpaired) electrons. The van der Waals surface area contributed by atoms with E-state index < -0.39 is 10.0 Å². The van der Waals surface area contributed by atoms with Crippen molar-refractivity contribution in [3.63, 3.8) is 0 Å². The van der Waals surface area contributed by atoms with Gasteiger partial charge < -0.3 is 10.5 Å². The van der Waals surface area contributed by atoms with Gasteiger partial charge in [-0.1, -0.05) is 0 Å². The summed E-state index contributed by atoms with van der Waals surface area (Å²) < 4.78 is 27.2. The van der Waals surface area contributed by atoms with E-state index in [0.29, 0.717) is 30.4 Å². The van der Waals surface area contributed by atoms with Gasteiger partial charge in [0.2, 0.25) is 10.0 Å². The zero-order valence-corrected chi connectivity index (χ0v) is 13.2. The van der Waals surface area contributed by atoms with Gasteiger partial charge in [-0.05, 0) is 40.8 Å². The van der Waals surface area contributed by atoms with Crippen LogP contribution in [0.4, 0.5) is 5.82 Å². The monoisotopic (exact) mass is 364 g/mol. The summed E-state index contributed by atoms with van der Waals surface area (Å²) in [4.78, 5) is 4.01. The van der Waals surface area contributed by atoms with Gasteiger partial charge in [0, 0.05) is 30.4 Å². The molecule has 0 amide bonds. The van der Waals surface area contributed by atoms with Crippen molar-refractivity contribution < 1.29 is 13.5 Å². The Labute approximate surface area is 126 Å². The Morgan fingerprint density at radius 2 is 2.15 bits per heavy atom. The lowest BCUT2D eigenvalue weighted by Gasteiger charge is -2.30. The highest BCUT2D eigenvalue weighted by Crippen LogP contribution is 2.28. The second-order valence-electron chi connectivity index (χ2n) is 4.67. The molecule has 1 aromatic heterocycles. The van der Waals surface area contributed by atoms with Gasteiger partial charge in [-0.3, -0.25) is 0 Å². The zero-order chi connectivity index (χ0) is 14.8. The molecule has 1 fully saturated rings. The molecule has 0 bridgehead atoms. The summed E-state index contributed by atoms with van der Waals surface area (Å²) in [6.07, 6.45) is 2.79. The predicted molar refractivity (Wildman–Crippen MR) is 78.3 cm³/mol. The highest BCUT2D eigenvalue weighted by molar-refractivity contribution is 9.10. The van der Waals surface area contributed by atoms with Crippen LogP contribution in [0.3, 0.4) is 0 Å². The fourth-order valence-electron chi connectivity index (χ4n) is 2.20. The number of sulfonamides is 1. The Morgan fingerprint density at radius 1 is 1.50 bits per heavy atom. The number of aromatic nitrogens is 1. The molecule has 1 aromatic rings. The first-order valence-electron chi connectivity index (χ1n) is 6.22. The minimum atomic E-state index is -3.64. The van der Waals surface area contributed by atoms with Crippen LogP contribution < -0.4 is 11.3 Å². The van der Waals surface area contributed by atoms with Gasteiger partial charge in [-0.15, -0.1) is 0 Å². The Kier molecular flexibility index (Phi) is 4.97. The number of hydrogen-bond acceptors (Lipinski definition) is 6. The molecule has 0 saturated carbocycles. The van der Waals surface area contributed by atoms with E-state index in [0.717, 1.165) is 0 Å². The van der Waals surface area contributed by atoms with Crippen molar-refractivity contribution in [2.45, 2.75) is 17.7 Å². The number of rotatable bonds is 4. The van der Waals surface area contributed by atoms with E-state index >= 15 is 0 Å². The molecule has 0 unspecified atom stereocenters. The summed E-state index contributed by atoms with van der Waals surface area (Å²) in [6.45, 7) is 0.885. The van der Waals surface area contributed by atoms with Gasteiger partial charge in [0.05, 0.1) is 0 Å². The third-order valence-electron chi connectivity index (χ3n) is 3.41. The van der Waals surface area contributed by atoms with Crippen molar-refractivity contribution in [2.24, 2.45) is 11.8 Å². The predicted octanol–water partition coefficient (Wildman–Crippen LogP) is 0.523. The number of anilines is 1. The van der Waals surface area contributed by atoms with E-state index in [1.807, 2.05) is 0 Å². The largest absolute Gasteiger partial charge is 0.396 e. The third-order valence-corrected chi connectivity index (χ3v) is 5.75. The fraction of sp³-hybridized carbons (Fsp3) is 0.545. The molecule has 0 aromatic carbocycles. The first-order valence-corrected chi connectivity index (χ1v) is 8.45. The highest BCUT2D eigenvalue weighted by Gasteiger charge is 2.31. The molecule has 0 aliphatic carbocycles. The molecule has 0 atom stereocenters. The molecule has 9 heteroatoms. The number of nitrogen functional groups attached to an aromatic ring is 1. The summed E-state index contributed by atoms with van der Waals surface area (Å²) in [5, 5.41) is 9.10. The molecule has 2 rings (SSSR count). The van der Waals surface area contributed by atoms with Crippen molar-refractivity contribution in [2.75, 3.05) is 25.1 Å². The number of piperidine rings is 1. The lowest BCUT2D eigenvalue weighted by molar-refractivity contribution is 0.170. The quantitative estimate of drug-likeness (QED) is 0.530. The van der Waals surface area contributed by atoms with Crippen molar-refractivity contribution in [1.82, 2.24) is 9.29 Å². The van der Waals surface area contributed by atoms with Crippen LogP contribution in [0.5, 0.6) is 0 Å². The number of pyridine rings is 1. The number of hydrogen-bond donors (Lipinski definition) is 3. The average molecular weight is 365 g/mol. The molecule has 20 heavy (non-hydrogen) atoms. The lowest BCUT2D eigenvalue weighted by atomic mass is 10.00. The third kappa shape index (κ3) is 3.12. The van der Waals surface area contributed by atoms with Gasteiger partial charge in [-0.25, -0.2) is 19.2 Å². The summed E-state index contributed by atoms with van der Waals surface area (Å²) in [7, 11) is -3.64. The van der Waals surface area contributed by atoms with Crippen LogP contribution in [-0.4, -0.2) is 42.5 Å². The minimum Gasteiger partial charge on any atom is -0.396 e. The standard InChI is InChI=1S/C11H17BrN4O3S/c12-9-5-10(11(15-13)14-6-9)20(18,19)16-3-1-8(7-17)2-4-16/h5-6,8,17H,1-4,7,13H2,(H,14,15). The van der Waals surface area contributed by atoms with Crippen LogP contribution in [0.15, 0.2) is 21.6 Å². The van der Waals surface area contributed by atoms with Crippen LogP contribution in [-0.2, 0) is 10.0 Å². The number of nitrogens with one attached hydrogen (secondary N) is 1. The van der Waals surface area contributed by atoms with Gasteiger partial charge in [-0.2, -0.15) is 4.31 Å². The van der Waals surface area contributed by atoms with Gasteiger partial charge in [0.25, 0.3) is 0 Å². The zero-order valence-electron chi connectivity index (χ0n) is 10.8. The number of aliphatic hydroxyl groups excluding tert-OH is 1. The molecule has 1 saturated heterocycles. The van der Waals surface area contributed by atoms with Crippen molar-refractivity contribution in [1.29, 1.82) is 0 Å². The number of halogens is 1. The maximum atomic E-state index is 12.6. The van der Waals surface area contributed by atoms with E-state index in [-0.39, 0.29) is 23.2 Å². The minimum absolute atomic E-state index is 0.0526. The van der Waals surface area contributed by atoms with Gasteiger partial charge >= 0.3 is 0 Å². The molecule has 1 aliphatic heterocycles. The van der Waals surface area contributed by atoms with Crippen molar-refractivity contribution in [3.05, 3.63) is 16.7 Å². The molecule has 4 N–H and O–H groups in total. The normalized spacial score (nSPS) is 18.1. The number of hydrazine groups is 1. The summed E-state index contributed by atoms with van der Waals surface area (Å²) >= 11 is 3.22. The molecule has 7 nitrogen and oxygen atoms in total. The number of nitrogens with two attached hydrogens (primary N) is 1. The van der Waals surface area contributed by atoms with Crippen LogP contribution >= 0.6 is 15.9 Å². The molecule has 2 heterocycles. The smallest absolute Gasteiger partial charge is 0.246 e. The maximum absolute atomic E-state index is 12.6. The van der Waals surface area contributed by atoms with E-state index in [1.165, 1.54) is 16.6 Å². The molecular weight excluding hydrogens is 348 g/mol. The molecular formula is C11H17BrN4O3S. The Bertz CT molecular complexity index is 573. The van der Waals surface area contributed by atoms with Gasteiger partial charge in [0.15, 0.2) is 5.82 Å². The Balaban J connectivity index is 2.29. The highest BCUT2D eigenvalue weighted by atomic mass is 79.9. The van der Waals surface area contributed by atoms with Crippen LogP contribution in [0, 0.1) is 5.92 Å². The summed E-state index contributed by atoms with van der Waals surface area (Å²) in [5.41, 5.74) is 2.31. The first-order chi connectivity index (χ1) is 9.48. The Morgan fingerprint density at radius 3 is 2.70 bits per heavy atom. The van der Waals surface area contributed by atoms with Crippen LogP contribution in [0.2, 0.25) is 0 Å². The fourth-order valence-corrected chi connectivity index (χ4v) is 4.28. The van der Waals surface area contributed by atoms with E-state index in [2.05, 4.69) is 26.3 Å². The average Bonchev–Trinajstić information content (AvgIpc) is 2.47. The SMILES string of the molecule is NNc1ncc(Br)cc1S(=O)(=O)N1CCC(CO)CC1. The van der Waals surface area contributed by atoms with Crippen molar-refractivity contribution in [3.8, 4) is 0 Å². The number of nitrogens with zero attached hydrogens (tertiary/aromatic N) is 2. The maximum Gasteiger partial charge on any atom is 0.246 e. The number of aliphatic hydroxyl groups is 1. The molecule has 0 spiro atoms.